The van der Waals surface area contributed by atoms with Crippen LogP contribution in [0.3, 0.4) is 0 Å². The third kappa shape index (κ3) is 5.52. The first-order chi connectivity index (χ1) is 20.2. The summed E-state index contributed by atoms with van der Waals surface area (Å²) in [7, 11) is 0. The van der Waals surface area contributed by atoms with E-state index in [4.69, 9.17) is 0 Å². The second-order valence-electron chi connectivity index (χ2n) is 12.8. The Hall–Kier alpha value is -3.07. The van der Waals surface area contributed by atoms with E-state index in [-0.39, 0.29) is 49.0 Å². The molecule has 6 nitrogen and oxygen atoms in total. The number of hydrogen-bond acceptors (Lipinski definition) is 4. The number of fused-ring (bicyclic) bond motifs is 1. The van der Waals surface area contributed by atoms with Gasteiger partial charge >= 0.3 is 0 Å². The van der Waals surface area contributed by atoms with Crippen molar-refractivity contribution in [3.05, 3.63) is 64.5 Å². The summed E-state index contributed by atoms with van der Waals surface area (Å²) in [6, 6.07) is 7.01. The summed E-state index contributed by atoms with van der Waals surface area (Å²) in [6.07, 6.45) is 10.7. The van der Waals surface area contributed by atoms with Gasteiger partial charge in [-0.15, -0.1) is 0 Å². The Morgan fingerprint density at radius 2 is 1.40 bits per heavy atom. The minimum atomic E-state index is -1.27. The lowest BCUT2D eigenvalue weighted by Gasteiger charge is -2.47. The van der Waals surface area contributed by atoms with Gasteiger partial charge in [0, 0.05) is 37.4 Å². The summed E-state index contributed by atoms with van der Waals surface area (Å²) in [5, 5.41) is 13.6. The van der Waals surface area contributed by atoms with Crippen LogP contribution in [0.25, 0.3) is 0 Å². The van der Waals surface area contributed by atoms with Gasteiger partial charge in [0.05, 0.1) is 11.6 Å². The number of carbonyl (C=O) groups excluding carboxylic acids is 2. The van der Waals surface area contributed by atoms with Gasteiger partial charge in [0.1, 0.15) is 11.4 Å². The molecule has 1 unspecified atom stereocenters. The molecule has 2 aromatic carbocycles. The zero-order valence-electron chi connectivity index (χ0n) is 24.1. The number of benzene rings is 2. The monoisotopic (exact) mass is 583 g/mol. The van der Waals surface area contributed by atoms with Crippen molar-refractivity contribution in [1.29, 1.82) is 0 Å². The Labute approximate surface area is 245 Å². The third-order valence-corrected chi connectivity index (χ3v) is 10.0. The summed E-state index contributed by atoms with van der Waals surface area (Å²) in [5.74, 6) is -3.43. The molecule has 6 rings (SSSR count). The van der Waals surface area contributed by atoms with Gasteiger partial charge in [0.25, 0.3) is 11.8 Å². The number of anilines is 1. The van der Waals surface area contributed by atoms with E-state index in [1.807, 2.05) is 0 Å². The van der Waals surface area contributed by atoms with E-state index >= 15 is 8.78 Å². The Bertz CT molecular complexity index is 1340. The molecule has 0 aromatic heterocycles. The number of carbonyl (C=O) groups is 2. The molecule has 3 fully saturated rings. The van der Waals surface area contributed by atoms with Crippen molar-refractivity contribution < 1.29 is 27.9 Å². The van der Waals surface area contributed by atoms with E-state index in [1.54, 1.807) is 18.2 Å². The summed E-state index contributed by atoms with van der Waals surface area (Å²) in [4.78, 5) is 28.7. The Balaban J connectivity index is 1.26. The predicted molar refractivity (Wildman–Crippen MR) is 153 cm³/mol. The van der Waals surface area contributed by atoms with Gasteiger partial charge in [0.2, 0.25) is 0 Å². The zero-order valence-corrected chi connectivity index (χ0v) is 24.1. The lowest BCUT2D eigenvalue weighted by atomic mass is 9.64. The highest BCUT2D eigenvalue weighted by atomic mass is 19.2. The van der Waals surface area contributed by atoms with E-state index in [0.29, 0.717) is 19.3 Å². The smallest absolute Gasteiger partial charge is 0.257 e. The molecule has 1 spiro atoms. The second kappa shape index (κ2) is 11.5. The van der Waals surface area contributed by atoms with Crippen LogP contribution >= 0.6 is 0 Å². The van der Waals surface area contributed by atoms with Crippen LogP contribution in [0.1, 0.15) is 98.2 Å². The van der Waals surface area contributed by atoms with Gasteiger partial charge < -0.3 is 20.2 Å². The largest absolute Gasteiger partial charge is 0.380 e. The second-order valence-corrected chi connectivity index (χ2v) is 12.8. The molecule has 0 bridgehead atoms. The molecule has 4 aliphatic rings. The highest BCUT2D eigenvalue weighted by Gasteiger charge is 2.50. The number of piperazine rings is 1. The highest BCUT2D eigenvalue weighted by Crippen LogP contribution is 2.52. The number of rotatable bonds is 3. The molecule has 0 radical (unpaired) electrons. The lowest BCUT2D eigenvalue weighted by molar-refractivity contribution is -0.143. The van der Waals surface area contributed by atoms with Gasteiger partial charge in [-0.2, -0.15) is 0 Å². The normalized spacial score (nSPS) is 23.6. The SMILES string of the molecule is O=C(c1ccc(C2Nc3ccc(F)cc3CC23CCCCCCCCC3)c(F)c1F)N1CCN(C(=O)C2(O)CC2)CC1. The molecule has 2 aliphatic carbocycles. The van der Waals surface area contributed by atoms with Crippen molar-refractivity contribution in [2.45, 2.75) is 88.7 Å². The maximum absolute atomic E-state index is 16.1. The van der Waals surface area contributed by atoms with Crippen LogP contribution in [-0.2, 0) is 11.2 Å². The van der Waals surface area contributed by atoms with Crippen LogP contribution in [0.4, 0.5) is 18.9 Å². The number of hydrogen-bond donors (Lipinski definition) is 2. The van der Waals surface area contributed by atoms with Gasteiger partial charge in [0.15, 0.2) is 11.6 Å². The van der Waals surface area contributed by atoms with Crippen LogP contribution < -0.4 is 5.32 Å². The molecule has 1 saturated heterocycles. The number of amides is 2. The van der Waals surface area contributed by atoms with Crippen LogP contribution in [0.5, 0.6) is 0 Å². The van der Waals surface area contributed by atoms with E-state index in [1.165, 1.54) is 28.4 Å². The van der Waals surface area contributed by atoms with Crippen molar-refractivity contribution in [3.8, 4) is 0 Å². The van der Waals surface area contributed by atoms with Crippen LogP contribution in [0, 0.1) is 22.9 Å². The fourth-order valence-electron chi connectivity index (χ4n) is 7.34. The van der Waals surface area contributed by atoms with Crippen molar-refractivity contribution in [2.75, 3.05) is 31.5 Å². The molecular formula is C33H40F3N3O3. The van der Waals surface area contributed by atoms with Gasteiger partial charge in [-0.3, -0.25) is 9.59 Å². The fourth-order valence-corrected chi connectivity index (χ4v) is 7.34. The molecule has 2 heterocycles. The summed E-state index contributed by atoms with van der Waals surface area (Å²) < 4.78 is 46.1. The minimum Gasteiger partial charge on any atom is -0.380 e. The minimum absolute atomic E-state index is 0.185. The van der Waals surface area contributed by atoms with E-state index in [0.717, 1.165) is 62.6 Å². The molecule has 2 amide bonds. The first-order valence-corrected chi connectivity index (χ1v) is 15.5. The van der Waals surface area contributed by atoms with Crippen molar-refractivity contribution >= 4 is 17.5 Å². The molecule has 2 aromatic rings. The third-order valence-electron chi connectivity index (χ3n) is 10.0. The molecule has 42 heavy (non-hydrogen) atoms. The molecule has 1 atom stereocenters. The quantitative estimate of drug-likeness (QED) is 0.456. The maximum Gasteiger partial charge on any atom is 0.257 e. The first-order valence-electron chi connectivity index (χ1n) is 15.5. The van der Waals surface area contributed by atoms with E-state index in [9.17, 15) is 19.1 Å². The average molecular weight is 584 g/mol. The molecular weight excluding hydrogens is 543 g/mol. The van der Waals surface area contributed by atoms with Gasteiger partial charge in [-0.1, -0.05) is 51.0 Å². The van der Waals surface area contributed by atoms with Crippen molar-refractivity contribution in [2.24, 2.45) is 5.41 Å². The summed E-state index contributed by atoms with van der Waals surface area (Å²) in [5.41, 5.74) is -0.217. The maximum atomic E-state index is 16.1. The molecule has 2 aliphatic heterocycles. The number of halogens is 3. The van der Waals surface area contributed by atoms with Crippen molar-refractivity contribution in [1.82, 2.24) is 9.80 Å². The zero-order chi connectivity index (χ0) is 29.5. The average Bonchev–Trinajstić information content (AvgIpc) is 3.75. The molecule has 226 valence electrons. The number of aliphatic hydroxyl groups is 1. The fraction of sp³-hybridized carbons (Fsp3) is 0.576. The molecule has 2 saturated carbocycles. The van der Waals surface area contributed by atoms with Crippen LogP contribution in [-0.4, -0.2) is 58.5 Å². The first kappa shape index (κ1) is 29.0. The summed E-state index contributed by atoms with van der Waals surface area (Å²) in [6.45, 7) is 0.849. The van der Waals surface area contributed by atoms with Gasteiger partial charge in [-0.25, -0.2) is 13.2 Å². The molecule has 9 heteroatoms. The van der Waals surface area contributed by atoms with E-state index in [2.05, 4.69) is 5.32 Å². The number of nitrogens with zero attached hydrogens (tertiary/aromatic N) is 2. The van der Waals surface area contributed by atoms with Crippen LogP contribution in [0.2, 0.25) is 0 Å². The predicted octanol–water partition coefficient (Wildman–Crippen LogP) is 6.13. The highest BCUT2D eigenvalue weighted by molar-refractivity contribution is 5.95. The molecule has 2 N–H and O–H groups in total. The van der Waals surface area contributed by atoms with Crippen LogP contribution in [0.15, 0.2) is 30.3 Å². The Morgan fingerprint density at radius 1 is 0.786 bits per heavy atom. The van der Waals surface area contributed by atoms with E-state index < -0.39 is 34.6 Å². The topological polar surface area (TPSA) is 72.9 Å². The lowest BCUT2D eigenvalue weighted by Crippen LogP contribution is -2.53. The Morgan fingerprint density at radius 3 is 2.05 bits per heavy atom. The standard InChI is InChI=1S/C33H40F3N3O3/c34-23-8-11-26-22(20-23)21-32(12-6-4-2-1-3-5-7-13-32)29(37-26)24-9-10-25(28(36)27(24)35)30(40)38-16-18-39(19-17-38)31(41)33(42)14-15-33/h8-11,20,29,37,42H,1-7,12-19,21H2. The van der Waals surface area contributed by atoms with Crippen molar-refractivity contribution in [3.63, 3.8) is 0 Å². The number of nitrogens with one attached hydrogen (secondary N) is 1. The van der Waals surface area contributed by atoms with Gasteiger partial charge in [-0.05, 0) is 67.3 Å². The Kier molecular flexibility index (Phi) is 7.98. The summed E-state index contributed by atoms with van der Waals surface area (Å²) >= 11 is 0.